The quantitative estimate of drug-likeness (QED) is 0.465. The van der Waals surface area contributed by atoms with Gasteiger partial charge in [0.1, 0.15) is 5.02 Å². The molecule has 1 N–H and O–H groups in total. The Bertz CT molecular complexity index is 867. The maximum Gasteiger partial charge on any atom is 0.416 e. The van der Waals surface area contributed by atoms with Gasteiger partial charge in [0.25, 0.3) is 5.69 Å². The van der Waals surface area contributed by atoms with Crippen LogP contribution < -0.4 is 5.32 Å². The number of benzene rings is 2. The van der Waals surface area contributed by atoms with Gasteiger partial charge in [0.05, 0.1) is 10.5 Å². The molecule has 136 valence electrons. The van der Waals surface area contributed by atoms with Gasteiger partial charge in [-0.15, -0.1) is 0 Å². The fourth-order valence-electron chi connectivity index (χ4n) is 2.05. The van der Waals surface area contributed by atoms with Crippen molar-refractivity contribution >= 4 is 29.3 Å². The summed E-state index contributed by atoms with van der Waals surface area (Å²) in [7, 11) is 0. The van der Waals surface area contributed by atoms with E-state index in [1.54, 1.807) is 0 Å². The summed E-state index contributed by atoms with van der Waals surface area (Å²) in [6, 6.07) is 8.64. The van der Waals surface area contributed by atoms with Gasteiger partial charge in [0.2, 0.25) is 5.91 Å². The third-order valence-corrected chi connectivity index (χ3v) is 3.63. The van der Waals surface area contributed by atoms with Crippen LogP contribution in [0.1, 0.15) is 16.7 Å². The molecule has 0 aromatic heterocycles. The number of nitrogens with zero attached hydrogens (tertiary/aromatic N) is 1. The van der Waals surface area contributed by atoms with Crippen LogP contribution in [0.5, 0.6) is 0 Å². The molecule has 0 aliphatic heterocycles. The Morgan fingerprint density at radius 1 is 1.23 bits per heavy atom. The fraction of sp³-hybridized carbons (Fsp3) is 0.118. The van der Waals surface area contributed by atoms with Gasteiger partial charge >= 0.3 is 6.18 Å². The van der Waals surface area contributed by atoms with E-state index in [1.807, 2.05) is 0 Å². The Morgan fingerprint density at radius 3 is 2.62 bits per heavy atom. The Hall–Kier alpha value is -2.87. The number of carbonyl (C=O) groups excluding carboxylic acids is 1. The second-order valence-electron chi connectivity index (χ2n) is 5.22. The van der Waals surface area contributed by atoms with Gasteiger partial charge in [-0.1, -0.05) is 29.8 Å². The van der Waals surface area contributed by atoms with Crippen molar-refractivity contribution in [2.45, 2.75) is 12.7 Å². The molecular weight excluding hydrogens is 373 g/mol. The molecule has 0 heterocycles. The van der Waals surface area contributed by atoms with Crippen LogP contribution in [-0.2, 0) is 17.5 Å². The van der Waals surface area contributed by atoms with Crippen LogP contribution in [0, 0.1) is 10.1 Å². The number of carbonyl (C=O) groups is 1. The maximum absolute atomic E-state index is 12.6. The zero-order chi connectivity index (χ0) is 19.3. The van der Waals surface area contributed by atoms with Crippen molar-refractivity contribution in [1.29, 1.82) is 0 Å². The first-order valence-corrected chi connectivity index (χ1v) is 7.60. The standard InChI is InChI=1S/C17H12ClF3N2O3/c18-14-6-4-11(9-15(14)23(25)26)5-7-16(24)22-10-12-2-1-3-13(8-12)17(19,20)21/h1-9H,10H2,(H,22,24)/b7-5+. The number of nitrogens with one attached hydrogen (secondary N) is 1. The van der Waals surface area contributed by atoms with E-state index in [0.717, 1.165) is 18.2 Å². The molecule has 0 radical (unpaired) electrons. The summed E-state index contributed by atoms with van der Waals surface area (Å²) in [5.41, 5.74) is -0.412. The lowest BCUT2D eigenvalue weighted by molar-refractivity contribution is -0.384. The summed E-state index contributed by atoms with van der Waals surface area (Å²) < 4.78 is 37.9. The molecule has 5 nitrogen and oxygen atoms in total. The van der Waals surface area contributed by atoms with Crippen LogP contribution in [0.15, 0.2) is 48.5 Å². The Balaban J connectivity index is 2.00. The van der Waals surface area contributed by atoms with Gasteiger partial charge in [-0.05, 0) is 35.4 Å². The fourth-order valence-corrected chi connectivity index (χ4v) is 2.24. The highest BCUT2D eigenvalue weighted by atomic mass is 35.5. The number of halogens is 4. The second kappa shape index (κ2) is 8.01. The predicted molar refractivity (Wildman–Crippen MR) is 90.4 cm³/mol. The molecule has 0 atom stereocenters. The number of alkyl halides is 3. The van der Waals surface area contributed by atoms with Crippen molar-refractivity contribution < 1.29 is 22.9 Å². The van der Waals surface area contributed by atoms with Gasteiger partial charge in [0, 0.05) is 18.7 Å². The predicted octanol–water partition coefficient (Wildman–Crippen LogP) is 4.60. The summed E-state index contributed by atoms with van der Waals surface area (Å²) in [6.45, 7) is -0.0894. The first-order chi connectivity index (χ1) is 12.2. The van der Waals surface area contributed by atoms with Gasteiger partial charge < -0.3 is 5.32 Å². The molecule has 26 heavy (non-hydrogen) atoms. The number of nitro groups is 1. The van der Waals surface area contributed by atoms with Crippen molar-refractivity contribution in [3.8, 4) is 0 Å². The van der Waals surface area contributed by atoms with E-state index in [2.05, 4.69) is 5.32 Å². The summed E-state index contributed by atoms with van der Waals surface area (Å²) in [5.74, 6) is -0.556. The topological polar surface area (TPSA) is 72.2 Å². The average Bonchev–Trinajstić information content (AvgIpc) is 2.58. The summed E-state index contributed by atoms with van der Waals surface area (Å²) >= 11 is 5.69. The Kier molecular flexibility index (Phi) is 5.99. The van der Waals surface area contributed by atoms with Gasteiger partial charge in [0.15, 0.2) is 0 Å². The molecule has 1 amide bonds. The molecule has 2 aromatic carbocycles. The largest absolute Gasteiger partial charge is 0.416 e. The highest BCUT2D eigenvalue weighted by Gasteiger charge is 2.30. The summed E-state index contributed by atoms with van der Waals surface area (Å²) in [4.78, 5) is 21.9. The number of rotatable bonds is 5. The van der Waals surface area contributed by atoms with E-state index in [9.17, 15) is 28.1 Å². The lowest BCUT2D eigenvalue weighted by Gasteiger charge is -2.08. The minimum atomic E-state index is -4.46. The highest BCUT2D eigenvalue weighted by molar-refractivity contribution is 6.32. The van der Waals surface area contributed by atoms with Crippen LogP contribution in [0.25, 0.3) is 6.08 Å². The third-order valence-electron chi connectivity index (χ3n) is 3.32. The van der Waals surface area contributed by atoms with Gasteiger partial charge in [-0.3, -0.25) is 14.9 Å². The lowest BCUT2D eigenvalue weighted by atomic mass is 10.1. The zero-order valence-corrected chi connectivity index (χ0v) is 13.8. The molecule has 9 heteroatoms. The lowest BCUT2D eigenvalue weighted by Crippen LogP contribution is -2.20. The molecule has 2 rings (SSSR count). The number of nitro benzene ring substituents is 1. The average molecular weight is 385 g/mol. The van der Waals surface area contributed by atoms with Crippen molar-refractivity contribution in [3.05, 3.63) is 80.4 Å². The van der Waals surface area contributed by atoms with Gasteiger partial charge in [-0.2, -0.15) is 13.2 Å². The first-order valence-electron chi connectivity index (χ1n) is 7.23. The molecule has 0 spiro atoms. The Morgan fingerprint density at radius 2 is 1.96 bits per heavy atom. The molecule has 0 fully saturated rings. The van der Waals surface area contributed by atoms with E-state index >= 15 is 0 Å². The third kappa shape index (κ3) is 5.32. The van der Waals surface area contributed by atoms with E-state index in [4.69, 9.17) is 11.6 Å². The highest BCUT2D eigenvalue weighted by Crippen LogP contribution is 2.29. The molecule has 2 aromatic rings. The van der Waals surface area contributed by atoms with Crippen LogP contribution >= 0.6 is 11.6 Å². The molecule has 0 aliphatic rings. The van der Waals surface area contributed by atoms with Crippen LogP contribution in [0.4, 0.5) is 18.9 Å². The van der Waals surface area contributed by atoms with Crippen LogP contribution in [-0.4, -0.2) is 10.8 Å². The van der Waals surface area contributed by atoms with E-state index in [0.29, 0.717) is 11.1 Å². The van der Waals surface area contributed by atoms with Gasteiger partial charge in [-0.25, -0.2) is 0 Å². The van der Waals surface area contributed by atoms with Crippen molar-refractivity contribution in [2.24, 2.45) is 0 Å². The summed E-state index contributed by atoms with van der Waals surface area (Å²) in [5, 5.41) is 13.2. The van der Waals surface area contributed by atoms with Crippen LogP contribution in [0.3, 0.4) is 0 Å². The number of hydrogen-bond donors (Lipinski definition) is 1. The molecule has 0 aliphatic carbocycles. The van der Waals surface area contributed by atoms with Crippen molar-refractivity contribution in [3.63, 3.8) is 0 Å². The number of amides is 1. The molecular formula is C17H12ClF3N2O3. The van der Waals surface area contributed by atoms with Crippen molar-refractivity contribution in [2.75, 3.05) is 0 Å². The normalized spacial score (nSPS) is 11.5. The van der Waals surface area contributed by atoms with E-state index < -0.39 is 22.6 Å². The second-order valence-corrected chi connectivity index (χ2v) is 5.62. The smallest absolute Gasteiger partial charge is 0.348 e. The Labute approximate surface area is 151 Å². The maximum atomic E-state index is 12.6. The van der Waals surface area contributed by atoms with E-state index in [-0.39, 0.29) is 17.3 Å². The number of hydrogen-bond acceptors (Lipinski definition) is 3. The van der Waals surface area contributed by atoms with E-state index in [1.165, 1.54) is 36.4 Å². The molecule has 0 saturated heterocycles. The minimum Gasteiger partial charge on any atom is -0.348 e. The van der Waals surface area contributed by atoms with Crippen LogP contribution in [0.2, 0.25) is 5.02 Å². The first kappa shape index (κ1) is 19.5. The molecule has 0 bridgehead atoms. The van der Waals surface area contributed by atoms with Crippen molar-refractivity contribution in [1.82, 2.24) is 5.32 Å². The summed E-state index contributed by atoms with van der Waals surface area (Å²) in [6.07, 6.45) is -1.99. The SMILES string of the molecule is O=C(/C=C/c1ccc(Cl)c([N+](=O)[O-])c1)NCc1cccc(C(F)(F)F)c1. The minimum absolute atomic E-state index is 0.0267. The monoisotopic (exact) mass is 384 g/mol. The molecule has 0 saturated carbocycles. The zero-order valence-electron chi connectivity index (χ0n) is 13.1. The molecule has 0 unspecified atom stereocenters.